The van der Waals surface area contributed by atoms with Crippen molar-refractivity contribution in [3.8, 4) is 0 Å². The van der Waals surface area contributed by atoms with Gasteiger partial charge in [0.05, 0.1) is 0 Å². The van der Waals surface area contributed by atoms with E-state index < -0.39 is 12.1 Å². The topological polar surface area (TPSA) is 55.8 Å². The van der Waals surface area contributed by atoms with E-state index in [0.717, 1.165) is 0 Å². The predicted molar refractivity (Wildman–Crippen MR) is 43.8 cm³/mol. The van der Waals surface area contributed by atoms with Gasteiger partial charge in [0.15, 0.2) is 6.10 Å². The fourth-order valence-electron chi connectivity index (χ4n) is 0.697. The first-order valence-corrected chi connectivity index (χ1v) is 3.66. The summed E-state index contributed by atoms with van der Waals surface area (Å²) in [5.41, 5.74) is 0. The molecule has 0 aromatic heterocycles. The zero-order chi connectivity index (χ0) is 9.40. The first kappa shape index (κ1) is 11.1. The van der Waals surface area contributed by atoms with Gasteiger partial charge >= 0.3 is 5.97 Å². The first-order valence-electron chi connectivity index (χ1n) is 3.66. The van der Waals surface area contributed by atoms with Gasteiger partial charge in [0.25, 0.3) is 0 Å². The van der Waals surface area contributed by atoms with Crippen molar-refractivity contribution >= 4 is 5.97 Å². The number of aliphatic carboxylic acids is 1. The Hall–Kier alpha value is -0.870. The third-order valence-corrected chi connectivity index (χ3v) is 1.30. The van der Waals surface area contributed by atoms with Crippen LogP contribution >= 0.6 is 0 Å². The zero-order valence-corrected chi connectivity index (χ0v) is 7.16. The largest absolute Gasteiger partial charge is 0.479 e. The van der Waals surface area contributed by atoms with Crippen LogP contribution in [0, 0.1) is 0 Å². The van der Waals surface area contributed by atoms with Crippen molar-refractivity contribution in [2.75, 3.05) is 13.9 Å². The van der Waals surface area contributed by atoms with Gasteiger partial charge in [-0.3, -0.25) is 0 Å². The van der Waals surface area contributed by atoms with Gasteiger partial charge < -0.3 is 14.6 Å². The smallest absolute Gasteiger partial charge is 0.332 e. The number of allylic oxidation sites excluding steroid dienone is 1. The highest BCUT2D eigenvalue weighted by atomic mass is 16.7. The molecule has 0 spiro atoms. The van der Waals surface area contributed by atoms with E-state index in [9.17, 15) is 4.79 Å². The molecule has 70 valence electrons. The van der Waals surface area contributed by atoms with Crippen molar-refractivity contribution in [2.45, 2.75) is 18.9 Å². The Bertz CT molecular complexity index is 144. The van der Waals surface area contributed by atoms with Gasteiger partial charge in [0.2, 0.25) is 0 Å². The number of carboxylic acids is 1. The van der Waals surface area contributed by atoms with E-state index in [1.807, 2.05) is 0 Å². The fourth-order valence-corrected chi connectivity index (χ4v) is 0.697. The van der Waals surface area contributed by atoms with Crippen molar-refractivity contribution < 1.29 is 19.4 Å². The normalized spacial score (nSPS) is 12.4. The molecule has 1 atom stereocenters. The average molecular weight is 174 g/mol. The van der Waals surface area contributed by atoms with Crippen molar-refractivity contribution in [1.82, 2.24) is 0 Å². The molecule has 0 radical (unpaired) electrons. The molecule has 0 fully saturated rings. The van der Waals surface area contributed by atoms with E-state index in [4.69, 9.17) is 9.84 Å². The molecule has 0 aromatic rings. The summed E-state index contributed by atoms with van der Waals surface area (Å²) >= 11 is 0. The summed E-state index contributed by atoms with van der Waals surface area (Å²) in [5.74, 6) is -0.964. The Labute approximate surface area is 71.8 Å². The molecule has 0 saturated carbocycles. The van der Waals surface area contributed by atoms with Crippen LogP contribution in [0.3, 0.4) is 0 Å². The van der Waals surface area contributed by atoms with E-state index in [0.29, 0.717) is 12.8 Å². The fraction of sp³-hybridized carbons (Fsp3) is 0.625. The van der Waals surface area contributed by atoms with E-state index in [2.05, 4.69) is 11.3 Å². The van der Waals surface area contributed by atoms with E-state index in [-0.39, 0.29) is 6.79 Å². The van der Waals surface area contributed by atoms with Gasteiger partial charge in [-0.15, -0.1) is 6.58 Å². The molecule has 0 bridgehead atoms. The Morgan fingerprint density at radius 2 is 2.42 bits per heavy atom. The highest BCUT2D eigenvalue weighted by Crippen LogP contribution is 2.03. The summed E-state index contributed by atoms with van der Waals surface area (Å²) in [5, 5.41) is 8.61. The van der Waals surface area contributed by atoms with E-state index in [1.54, 1.807) is 6.08 Å². The molecule has 0 unspecified atom stereocenters. The molecule has 0 aliphatic heterocycles. The predicted octanol–water partition coefficient (Wildman–Crippen LogP) is 1.03. The van der Waals surface area contributed by atoms with Crippen LogP contribution in [0.15, 0.2) is 12.7 Å². The van der Waals surface area contributed by atoms with E-state index in [1.165, 1.54) is 7.11 Å². The van der Waals surface area contributed by atoms with Crippen LogP contribution in [0.25, 0.3) is 0 Å². The van der Waals surface area contributed by atoms with Crippen molar-refractivity contribution in [2.24, 2.45) is 0 Å². The molecular weight excluding hydrogens is 160 g/mol. The second kappa shape index (κ2) is 6.82. The molecule has 4 heteroatoms. The summed E-state index contributed by atoms with van der Waals surface area (Å²) in [6.07, 6.45) is 1.93. The molecule has 1 N–H and O–H groups in total. The van der Waals surface area contributed by atoms with Gasteiger partial charge in [0, 0.05) is 7.11 Å². The molecule has 0 aromatic carbocycles. The number of methoxy groups -OCH3 is 1. The quantitative estimate of drug-likeness (QED) is 0.462. The van der Waals surface area contributed by atoms with Crippen molar-refractivity contribution in [3.05, 3.63) is 12.7 Å². The second-order valence-electron chi connectivity index (χ2n) is 2.27. The first-order chi connectivity index (χ1) is 5.72. The number of hydrogen-bond acceptors (Lipinski definition) is 3. The monoisotopic (exact) mass is 174 g/mol. The highest BCUT2D eigenvalue weighted by Gasteiger charge is 2.16. The van der Waals surface area contributed by atoms with Gasteiger partial charge in [-0.2, -0.15) is 0 Å². The minimum atomic E-state index is -0.964. The van der Waals surface area contributed by atoms with Gasteiger partial charge in [-0.1, -0.05) is 6.08 Å². The maximum Gasteiger partial charge on any atom is 0.332 e. The standard InChI is InChI=1S/C8H14O4/c1-3-4-5-7(8(9)10)12-6-11-2/h3,7H,1,4-6H2,2H3,(H,9,10)/t7-/m1/s1. The lowest BCUT2D eigenvalue weighted by Crippen LogP contribution is -2.24. The number of ether oxygens (including phenoxy) is 2. The molecule has 0 amide bonds. The van der Waals surface area contributed by atoms with Crippen LogP contribution in [0.5, 0.6) is 0 Å². The molecular formula is C8H14O4. The molecule has 0 heterocycles. The van der Waals surface area contributed by atoms with Gasteiger partial charge in [-0.05, 0) is 12.8 Å². The van der Waals surface area contributed by atoms with Crippen molar-refractivity contribution in [1.29, 1.82) is 0 Å². The summed E-state index contributed by atoms with van der Waals surface area (Å²) in [6, 6.07) is 0. The van der Waals surface area contributed by atoms with Crippen LogP contribution in [0.1, 0.15) is 12.8 Å². The Kier molecular flexibility index (Phi) is 6.32. The minimum absolute atomic E-state index is 0.00805. The summed E-state index contributed by atoms with van der Waals surface area (Å²) < 4.78 is 9.48. The Morgan fingerprint density at radius 1 is 1.75 bits per heavy atom. The van der Waals surface area contributed by atoms with Crippen LogP contribution < -0.4 is 0 Å². The SMILES string of the molecule is C=CCC[C@@H](OCOC)C(=O)O. The third-order valence-electron chi connectivity index (χ3n) is 1.30. The van der Waals surface area contributed by atoms with Gasteiger partial charge in [-0.25, -0.2) is 4.79 Å². The lowest BCUT2D eigenvalue weighted by atomic mass is 10.2. The van der Waals surface area contributed by atoms with Crippen LogP contribution in [0.2, 0.25) is 0 Å². The summed E-state index contributed by atoms with van der Waals surface area (Å²) in [6.45, 7) is 3.50. The zero-order valence-electron chi connectivity index (χ0n) is 7.16. The Morgan fingerprint density at radius 3 is 2.83 bits per heavy atom. The summed E-state index contributed by atoms with van der Waals surface area (Å²) in [7, 11) is 1.45. The molecule has 0 aliphatic rings. The van der Waals surface area contributed by atoms with Crippen LogP contribution in [-0.4, -0.2) is 31.1 Å². The molecule has 0 saturated heterocycles. The molecule has 0 aliphatic carbocycles. The van der Waals surface area contributed by atoms with Crippen LogP contribution in [0.4, 0.5) is 0 Å². The molecule has 0 rings (SSSR count). The average Bonchev–Trinajstić information content (AvgIpc) is 2.04. The molecule has 12 heavy (non-hydrogen) atoms. The highest BCUT2D eigenvalue weighted by molar-refractivity contribution is 5.72. The number of hydrogen-bond donors (Lipinski definition) is 1. The van der Waals surface area contributed by atoms with E-state index >= 15 is 0 Å². The second-order valence-corrected chi connectivity index (χ2v) is 2.27. The maximum atomic E-state index is 10.5. The number of rotatable bonds is 7. The van der Waals surface area contributed by atoms with Crippen molar-refractivity contribution in [3.63, 3.8) is 0 Å². The Balaban J connectivity index is 3.69. The lowest BCUT2D eigenvalue weighted by Gasteiger charge is -2.10. The van der Waals surface area contributed by atoms with Gasteiger partial charge in [0.1, 0.15) is 6.79 Å². The summed E-state index contributed by atoms with van der Waals surface area (Å²) in [4.78, 5) is 10.5. The molecule has 4 nitrogen and oxygen atoms in total. The maximum absolute atomic E-state index is 10.5. The number of carbonyl (C=O) groups is 1. The minimum Gasteiger partial charge on any atom is -0.479 e. The van der Waals surface area contributed by atoms with Crippen LogP contribution in [-0.2, 0) is 14.3 Å². The lowest BCUT2D eigenvalue weighted by molar-refractivity contribution is -0.159. The third kappa shape index (κ3) is 4.87. The number of carboxylic acid groups (broad SMARTS) is 1.